The van der Waals surface area contributed by atoms with Crippen LogP contribution in [0.3, 0.4) is 0 Å². The Bertz CT molecular complexity index is 545. The van der Waals surface area contributed by atoms with Gasteiger partial charge in [-0.25, -0.2) is 0 Å². The van der Waals surface area contributed by atoms with Crippen LogP contribution in [0.4, 0.5) is 0 Å². The summed E-state index contributed by atoms with van der Waals surface area (Å²) in [7, 11) is 1.63. The first-order chi connectivity index (χ1) is 11.6. The van der Waals surface area contributed by atoms with Crippen molar-refractivity contribution < 1.29 is 9.84 Å². The Labute approximate surface area is 149 Å². The second-order valence-corrected chi connectivity index (χ2v) is 7.95. The maximum Gasteiger partial charge on any atom is 0.191 e. The maximum atomic E-state index is 10.4. The van der Waals surface area contributed by atoms with Gasteiger partial charge in [0.15, 0.2) is 5.96 Å². The lowest BCUT2D eigenvalue weighted by Gasteiger charge is -2.21. The first-order valence-electron chi connectivity index (χ1n) is 8.54. The molecule has 1 aliphatic rings. The maximum absolute atomic E-state index is 10.4. The van der Waals surface area contributed by atoms with Crippen molar-refractivity contribution in [2.45, 2.75) is 37.5 Å². The highest BCUT2D eigenvalue weighted by Gasteiger charge is 2.29. The molecule has 1 heterocycles. The Morgan fingerprint density at radius 3 is 2.96 bits per heavy atom. The summed E-state index contributed by atoms with van der Waals surface area (Å²) in [6.45, 7) is 6.32. The first kappa shape index (κ1) is 18.9. The molecule has 0 aromatic heterocycles. The number of rotatable bonds is 7. The lowest BCUT2D eigenvalue weighted by molar-refractivity contribution is 0.180. The highest BCUT2D eigenvalue weighted by atomic mass is 32.2. The number of thioether (sulfide) groups is 1. The number of nitrogens with zero attached hydrogens (tertiary/aromatic N) is 1. The second kappa shape index (κ2) is 9.18. The first-order valence-corrected chi connectivity index (χ1v) is 9.53. The molecule has 2 rings (SSSR count). The summed E-state index contributed by atoms with van der Waals surface area (Å²) in [5.74, 6) is 2.73. The Morgan fingerprint density at radius 2 is 2.29 bits per heavy atom. The Hall–Kier alpha value is -1.40. The van der Waals surface area contributed by atoms with Crippen LogP contribution in [0.1, 0.15) is 38.4 Å². The third-order valence-corrected chi connectivity index (χ3v) is 5.68. The molecule has 3 N–H and O–H groups in total. The number of aliphatic imine (C=N–C) groups is 1. The number of hydrogen-bond donors (Lipinski definition) is 3. The SMILES string of the molecule is CCNC(=NCC1(C)CCCS1)NCC(O)c1cccc(OC)c1. The molecule has 24 heavy (non-hydrogen) atoms. The van der Waals surface area contributed by atoms with Crippen molar-refractivity contribution in [3.05, 3.63) is 29.8 Å². The van der Waals surface area contributed by atoms with Crippen molar-refractivity contribution in [1.82, 2.24) is 10.6 Å². The molecule has 0 amide bonds. The number of hydrogen-bond acceptors (Lipinski definition) is 4. The van der Waals surface area contributed by atoms with E-state index in [-0.39, 0.29) is 4.75 Å². The molecule has 134 valence electrons. The summed E-state index contributed by atoms with van der Waals surface area (Å²) in [4.78, 5) is 4.70. The number of aliphatic hydroxyl groups is 1. The van der Waals surface area contributed by atoms with Gasteiger partial charge in [-0.15, -0.1) is 0 Å². The number of ether oxygens (including phenoxy) is 1. The normalized spacial score (nSPS) is 22.2. The summed E-state index contributed by atoms with van der Waals surface area (Å²) < 4.78 is 5.45. The van der Waals surface area contributed by atoms with Gasteiger partial charge in [0.2, 0.25) is 0 Å². The zero-order valence-corrected chi connectivity index (χ0v) is 15.7. The molecule has 2 unspecified atom stereocenters. The molecule has 1 saturated heterocycles. The van der Waals surface area contributed by atoms with Crippen LogP contribution in [0.25, 0.3) is 0 Å². The van der Waals surface area contributed by atoms with Gasteiger partial charge in [0.25, 0.3) is 0 Å². The van der Waals surface area contributed by atoms with Crippen molar-refractivity contribution in [1.29, 1.82) is 0 Å². The van der Waals surface area contributed by atoms with Crippen LogP contribution in [0.2, 0.25) is 0 Å². The van der Waals surface area contributed by atoms with Crippen LogP contribution in [0.5, 0.6) is 5.75 Å². The van der Waals surface area contributed by atoms with E-state index in [0.717, 1.165) is 30.4 Å². The molecule has 0 saturated carbocycles. The zero-order chi connectivity index (χ0) is 17.4. The van der Waals surface area contributed by atoms with Gasteiger partial charge in [0, 0.05) is 17.8 Å². The van der Waals surface area contributed by atoms with Gasteiger partial charge in [0.1, 0.15) is 5.75 Å². The predicted molar refractivity (Wildman–Crippen MR) is 102 cm³/mol. The minimum atomic E-state index is -0.611. The fourth-order valence-corrected chi connectivity index (χ4v) is 3.94. The highest BCUT2D eigenvalue weighted by Crippen LogP contribution is 2.37. The number of benzene rings is 1. The van der Waals surface area contributed by atoms with Crippen molar-refractivity contribution >= 4 is 17.7 Å². The molecule has 6 heteroatoms. The lowest BCUT2D eigenvalue weighted by Crippen LogP contribution is -2.40. The Morgan fingerprint density at radius 1 is 1.46 bits per heavy atom. The van der Waals surface area contributed by atoms with E-state index in [1.54, 1.807) is 7.11 Å². The van der Waals surface area contributed by atoms with E-state index < -0.39 is 6.10 Å². The number of nitrogens with one attached hydrogen (secondary N) is 2. The van der Waals surface area contributed by atoms with E-state index in [0.29, 0.717) is 6.54 Å². The molecule has 1 fully saturated rings. The average Bonchev–Trinajstić information content (AvgIpc) is 3.04. The third-order valence-electron chi connectivity index (χ3n) is 4.16. The smallest absolute Gasteiger partial charge is 0.191 e. The molecule has 2 atom stereocenters. The summed E-state index contributed by atoms with van der Waals surface area (Å²) in [6.07, 6.45) is 1.88. The highest BCUT2D eigenvalue weighted by molar-refractivity contribution is 8.00. The largest absolute Gasteiger partial charge is 0.497 e. The predicted octanol–water partition coefficient (Wildman–Crippen LogP) is 2.57. The van der Waals surface area contributed by atoms with Crippen LogP contribution < -0.4 is 15.4 Å². The van der Waals surface area contributed by atoms with Crippen LogP contribution >= 0.6 is 11.8 Å². The van der Waals surface area contributed by atoms with E-state index >= 15 is 0 Å². The van der Waals surface area contributed by atoms with Gasteiger partial charge in [-0.2, -0.15) is 11.8 Å². The lowest BCUT2D eigenvalue weighted by atomic mass is 10.1. The molecule has 1 aromatic carbocycles. The van der Waals surface area contributed by atoms with Gasteiger partial charge < -0.3 is 20.5 Å². The molecule has 0 bridgehead atoms. The molecule has 1 aliphatic heterocycles. The monoisotopic (exact) mass is 351 g/mol. The number of aliphatic hydroxyl groups excluding tert-OH is 1. The fraction of sp³-hybridized carbons (Fsp3) is 0.611. The quantitative estimate of drug-likeness (QED) is 0.520. The molecule has 0 spiro atoms. The third kappa shape index (κ3) is 5.60. The summed E-state index contributed by atoms with van der Waals surface area (Å²) >= 11 is 2.00. The number of methoxy groups -OCH3 is 1. The van der Waals surface area contributed by atoms with Crippen LogP contribution in [0, 0.1) is 0 Å². The van der Waals surface area contributed by atoms with Gasteiger partial charge in [-0.05, 0) is 50.1 Å². The van der Waals surface area contributed by atoms with Crippen LogP contribution in [0.15, 0.2) is 29.3 Å². The molecular weight excluding hydrogens is 322 g/mol. The molecule has 1 aromatic rings. The van der Waals surface area contributed by atoms with Gasteiger partial charge in [-0.1, -0.05) is 12.1 Å². The van der Waals surface area contributed by atoms with E-state index in [2.05, 4.69) is 17.6 Å². The van der Waals surface area contributed by atoms with Gasteiger partial charge in [-0.3, -0.25) is 4.99 Å². The van der Waals surface area contributed by atoms with Crippen LogP contribution in [-0.2, 0) is 0 Å². The Kier molecular flexibility index (Phi) is 7.24. The summed E-state index contributed by atoms with van der Waals surface area (Å²) in [5.41, 5.74) is 0.830. The molecule has 0 radical (unpaired) electrons. The minimum Gasteiger partial charge on any atom is -0.497 e. The minimum absolute atomic E-state index is 0.244. The summed E-state index contributed by atoms with van der Waals surface area (Å²) in [5, 5.41) is 16.9. The fourth-order valence-electron chi connectivity index (χ4n) is 2.71. The van der Waals surface area contributed by atoms with Gasteiger partial charge in [0.05, 0.1) is 19.8 Å². The van der Waals surface area contributed by atoms with E-state index in [9.17, 15) is 5.11 Å². The van der Waals surface area contributed by atoms with E-state index in [1.165, 1.54) is 18.6 Å². The zero-order valence-electron chi connectivity index (χ0n) is 14.8. The molecule has 0 aliphatic carbocycles. The van der Waals surface area contributed by atoms with E-state index in [4.69, 9.17) is 9.73 Å². The molecular formula is C18H29N3O2S. The Balaban J connectivity index is 1.92. The number of guanidine groups is 1. The van der Waals surface area contributed by atoms with Crippen molar-refractivity contribution in [3.63, 3.8) is 0 Å². The molecule has 5 nitrogen and oxygen atoms in total. The summed E-state index contributed by atoms with van der Waals surface area (Å²) in [6, 6.07) is 7.51. The second-order valence-electron chi connectivity index (χ2n) is 6.27. The topological polar surface area (TPSA) is 65.9 Å². The van der Waals surface area contributed by atoms with Crippen molar-refractivity contribution in [2.75, 3.05) is 32.5 Å². The average molecular weight is 352 g/mol. The van der Waals surface area contributed by atoms with E-state index in [1.807, 2.05) is 43.0 Å². The van der Waals surface area contributed by atoms with Gasteiger partial charge >= 0.3 is 0 Å². The van der Waals surface area contributed by atoms with Crippen molar-refractivity contribution in [3.8, 4) is 5.75 Å². The standard InChI is InChI=1S/C18H29N3O2S/c1-4-19-17(21-13-18(2)9-6-10-24-18)20-12-16(22)14-7-5-8-15(11-14)23-3/h5,7-8,11,16,22H,4,6,9-10,12-13H2,1-3H3,(H2,19,20,21). The van der Waals surface area contributed by atoms with Crippen molar-refractivity contribution in [2.24, 2.45) is 4.99 Å². The van der Waals surface area contributed by atoms with Crippen LogP contribution in [-0.4, -0.2) is 48.3 Å².